The van der Waals surface area contributed by atoms with E-state index in [2.05, 4.69) is 9.72 Å². The summed E-state index contributed by atoms with van der Waals surface area (Å²) in [7, 11) is 1.36. The van der Waals surface area contributed by atoms with E-state index in [1.807, 2.05) is 4.90 Å². The van der Waals surface area contributed by atoms with E-state index < -0.39 is 0 Å². The molecule has 1 aromatic rings. The molecule has 1 aliphatic rings. The second-order valence-electron chi connectivity index (χ2n) is 4.04. The quantitative estimate of drug-likeness (QED) is 0.767. The topological polar surface area (TPSA) is 62.7 Å². The third-order valence-corrected chi connectivity index (χ3v) is 2.79. The van der Waals surface area contributed by atoms with Crippen molar-refractivity contribution in [2.24, 2.45) is 0 Å². The molecule has 1 fully saturated rings. The maximum Gasteiger partial charge on any atom is 0.338 e. The van der Waals surface area contributed by atoms with E-state index in [1.54, 1.807) is 18.3 Å². The van der Waals surface area contributed by atoms with Gasteiger partial charge >= 0.3 is 5.97 Å². The standard InChI is InChI=1S/C12H16N2O3/c1-17-12(16)9-4-5-13-11(8-9)14(6-7-15)10-2-3-10/h4-5,8,10,15H,2-3,6-7H2,1H3. The van der Waals surface area contributed by atoms with E-state index in [0.717, 1.165) is 18.7 Å². The zero-order valence-corrected chi connectivity index (χ0v) is 9.80. The summed E-state index contributed by atoms with van der Waals surface area (Å²) in [5.74, 6) is 0.359. The van der Waals surface area contributed by atoms with Crippen molar-refractivity contribution in [3.63, 3.8) is 0 Å². The molecular formula is C12H16N2O3. The van der Waals surface area contributed by atoms with Gasteiger partial charge in [0.05, 0.1) is 19.3 Å². The predicted octanol–water partition coefficient (Wildman–Crippen LogP) is 0.829. The number of esters is 1. The molecule has 0 unspecified atom stereocenters. The molecule has 1 heterocycles. The Morgan fingerprint density at radius 1 is 1.65 bits per heavy atom. The highest BCUT2D eigenvalue weighted by atomic mass is 16.5. The Morgan fingerprint density at radius 2 is 2.41 bits per heavy atom. The first kappa shape index (κ1) is 11.9. The fourth-order valence-corrected chi connectivity index (χ4v) is 1.80. The molecule has 0 saturated heterocycles. The monoisotopic (exact) mass is 236 g/mol. The Morgan fingerprint density at radius 3 is 3.00 bits per heavy atom. The summed E-state index contributed by atoms with van der Waals surface area (Å²) in [4.78, 5) is 17.7. The molecule has 1 aromatic heterocycles. The zero-order valence-electron chi connectivity index (χ0n) is 9.80. The minimum Gasteiger partial charge on any atom is -0.465 e. The Kier molecular flexibility index (Phi) is 3.58. The van der Waals surface area contributed by atoms with E-state index >= 15 is 0 Å². The largest absolute Gasteiger partial charge is 0.465 e. The van der Waals surface area contributed by atoms with E-state index in [0.29, 0.717) is 18.2 Å². The second kappa shape index (κ2) is 5.14. The molecule has 1 saturated carbocycles. The van der Waals surface area contributed by atoms with Crippen molar-refractivity contribution in [3.8, 4) is 0 Å². The number of carbonyl (C=O) groups is 1. The van der Waals surface area contributed by atoms with Crippen LogP contribution in [0.15, 0.2) is 18.3 Å². The van der Waals surface area contributed by atoms with Gasteiger partial charge in [0.15, 0.2) is 0 Å². The van der Waals surface area contributed by atoms with Crippen molar-refractivity contribution in [1.29, 1.82) is 0 Å². The molecule has 1 N–H and O–H groups in total. The van der Waals surface area contributed by atoms with E-state index in [1.165, 1.54) is 7.11 Å². The van der Waals surface area contributed by atoms with Crippen LogP contribution in [-0.2, 0) is 4.74 Å². The van der Waals surface area contributed by atoms with E-state index in [-0.39, 0.29) is 12.6 Å². The van der Waals surface area contributed by atoms with Crippen LogP contribution in [0.4, 0.5) is 5.82 Å². The van der Waals surface area contributed by atoms with Crippen LogP contribution < -0.4 is 4.90 Å². The van der Waals surface area contributed by atoms with Gasteiger partial charge in [0, 0.05) is 18.8 Å². The van der Waals surface area contributed by atoms with Gasteiger partial charge < -0.3 is 14.7 Å². The van der Waals surface area contributed by atoms with Crippen molar-refractivity contribution in [2.75, 3.05) is 25.2 Å². The number of hydrogen-bond donors (Lipinski definition) is 1. The highest BCUT2D eigenvalue weighted by Crippen LogP contribution is 2.30. The summed E-state index contributed by atoms with van der Waals surface area (Å²) < 4.78 is 4.67. The van der Waals surface area contributed by atoms with Crippen LogP contribution in [-0.4, -0.2) is 42.4 Å². The fourth-order valence-electron chi connectivity index (χ4n) is 1.80. The summed E-state index contributed by atoms with van der Waals surface area (Å²) >= 11 is 0. The van der Waals surface area contributed by atoms with Crippen LogP contribution in [0.5, 0.6) is 0 Å². The Bertz CT molecular complexity index is 404. The highest BCUT2D eigenvalue weighted by molar-refractivity contribution is 5.90. The van der Waals surface area contributed by atoms with Gasteiger partial charge in [-0.3, -0.25) is 0 Å². The van der Waals surface area contributed by atoms with Crippen LogP contribution in [0.1, 0.15) is 23.2 Å². The van der Waals surface area contributed by atoms with Gasteiger partial charge in [-0.25, -0.2) is 9.78 Å². The molecule has 0 spiro atoms. The average molecular weight is 236 g/mol. The first-order chi connectivity index (χ1) is 8.26. The number of nitrogens with zero attached hydrogens (tertiary/aromatic N) is 2. The number of aromatic nitrogens is 1. The maximum absolute atomic E-state index is 11.4. The van der Waals surface area contributed by atoms with Crippen LogP contribution >= 0.6 is 0 Å². The van der Waals surface area contributed by atoms with E-state index in [9.17, 15) is 4.79 Å². The van der Waals surface area contributed by atoms with Crippen molar-refractivity contribution in [2.45, 2.75) is 18.9 Å². The molecule has 0 bridgehead atoms. The van der Waals surface area contributed by atoms with Gasteiger partial charge in [-0.15, -0.1) is 0 Å². The Labute approximate surface area is 100 Å². The normalized spacial score (nSPS) is 14.5. The molecule has 0 amide bonds. The van der Waals surface area contributed by atoms with Gasteiger partial charge in [-0.05, 0) is 25.0 Å². The summed E-state index contributed by atoms with van der Waals surface area (Å²) in [6.07, 6.45) is 3.82. The molecule has 0 atom stereocenters. The molecule has 0 radical (unpaired) electrons. The second-order valence-corrected chi connectivity index (χ2v) is 4.04. The van der Waals surface area contributed by atoms with Gasteiger partial charge in [0.1, 0.15) is 5.82 Å². The first-order valence-corrected chi connectivity index (χ1v) is 5.68. The van der Waals surface area contributed by atoms with E-state index in [4.69, 9.17) is 5.11 Å². The lowest BCUT2D eigenvalue weighted by Gasteiger charge is -2.22. The van der Waals surface area contributed by atoms with Crippen LogP contribution in [0, 0.1) is 0 Å². The number of hydrogen-bond acceptors (Lipinski definition) is 5. The van der Waals surface area contributed by atoms with Crippen LogP contribution in [0.2, 0.25) is 0 Å². The van der Waals surface area contributed by atoms with Gasteiger partial charge in [0.2, 0.25) is 0 Å². The summed E-state index contributed by atoms with van der Waals surface area (Å²) in [6.45, 7) is 0.628. The molecule has 92 valence electrons. The number of aliphatic hydroxyl groups is 1. The molecule has 5 heteroatoms. The van der Waals surface area contributed by atoms with Gasteiger partial charge in [-0.2, -0.15) is 0 Å². The lowest BCUT2D eigenvalue weighted by atomic mass is 10.2. The molecule has 17 heavy (non-hydrogen) atoms. The lowest BCUT2D eigenvalue weighted by Crippen LogP contribution is -2.29. The fraction of sp³-hybridized carbons (Fsp3) is 0.500. The molecule has 5 nitrogen and oxygen atoms in total. The SMILES string of the molecule is COC(=O)c1ccnc(N(CCO)C2CC2)c1. The van der Waals surface area contributed by atoms with Gasteiger partial charge in [-0.1, -0.05) is 0 Å². The molecule has 0 aliphatic heterocycles. The van der Waals surface area contributed by atoms with Crippen LogP contribution in [0.25, 0.3) is 0 Å². The van der Waals surface area contributed by atoms with Crippen LogP contribution in [0.3, 0.4) is 0 Å². The minimum absolute atomic E-state index is 0.0840. The number of carbonyl (C=O) groups excluding carboxylic acids is 1. The number of anilines is 1. The third kappa shape index (κ3) is 2.74. The molecule has 2 rings (SSSR count). The number of rotatable bonds is 5. The summed E-state index contributed by atoms with van der Waals surface area (Å²) in [6, 6.07) is 3.78. The predicted molar refractivity (Wildman–Crippen MR) is 63.0 cm³/mol. The molecular weight excluding hydrogens is 220 g/mol. The lowest BCUT2D eigenvalue weighted by molar-refractivity contribution is 0.0600. The van der Waals surface area contributed by atoms with Gasteiger partial charge in [0.25, 0.3) is 0 Å². The van der Waals surface area contributed by atoms with Crippen molar-refractivity contribution < 1.29 is 14.6 Å². The number of ether oxygens (including phenoxy) is 1. The van der Waals surface area contributed by atoms with Crippen molar-refractivity contribution >= 4 is 11.8 Å². The maximum atomic E-state index is 11.4. The summed E-state index contributed by atoms with van der Waals surface area (Å²) in [5, 5.41) is 9.04. The average Bonchev–Trinajstić information content (AvgIpc) is 3.19. The highest BCUT2D eigenvalue weighted by Gasteiger charge is 2.29. The first-order valence-electron chi connectivity index (χ1n) is 5.68. The molecule has 1 aliphatic carbocycles. The minimum atomic E-state index is -0.367. The molecule has 0 aromatic carbocycles. The van der Waals surface area contributed by atoms with Crippen molar-refractivity contribution in [3.05, 3.63) is 23.9 Å². The third-order valence-electron chi connectivity index (χ3n) is 2.79. The Hall–Kier alpha value is -1.62. The summed E-state index contributed by atoms with van der Waals surface area (Å²) in [5.41, 5.74) is 0.487. The smallest absolute Gasteiger partial charge is 0.338 e. The number of pyridine rings is 1. The zero-order chi connectivity index (χ0) is 12.3. The van der Waals surface area contributed by atoms with Crippen molar-refractivity contribution in [1.82, 2.24) is 4.98 Å². The Balaban J connectivity index is 2.21. The number of aliphatic hydroxyl groups excluding tert-OH is 1. The number of methoxy groups -OCH3 is 1.